The van der Waals surface area contributed by atoms with Crippen molar-refractivity contribution in [3.05, 3.63) is 71.8 Å². The predicted octanol–water partition coefficient (Wildman–Crippen LogP) is 3.82. The molecule has 0 aromatic heterocycles. The fraction of sp³-hybridized carbons (Fsp3) is 0.0769. The van der Waals surface area contributed by atoms with Crippen LogP contribution in [0, 0.1) is 0 Å². The van der Waals surface area contributed by atoms with Crippen molar-refractivity contribution in [2.75, 3.05) is 0 Å². The zero-order valence-electron chi connectivity index (χ0n) is 8.53. The summed E-state index contributed by atoms with van der Waals surface area (Å²) < 4.78 is 27.8. The predicted molar refractivity (Wildman–Crippen MR) is 55.9 cm³/mol. The van der Waals surface area contributed by atoms with Crippen molar-refractivity contribution in [3.8, 4) is 0 Å². The maximum Gasteiger partial charge on any atom is 0.298 e. The van der Waals surface area contributed by atoms with Gasteiger partial charge in [-0.15, -0.1) is 0 Å². The Balaban J connectivity index is 0.00000128. The smallest absolute Gasteiger partial charge is 0.196 e. The molecule has 0 heterocycles. The average Bonchev–Trinajstić information content (AvgIpc) is 2.31. The molecular formula is C13H10F2Ti. The van der Waals surface area contributed by atoms with E-state index in [2.05, 4.69) is 0 Å². The molecule has 0 spiro atoms. The van der Waals surface area contributed by atoms with Gasteiger partial charge in [-0.2, -0.15) is 8.78 Å². The molecule has 2 aromatic rings. The standard InChI is InChI=1S/C13H10F2.Ti/c14-13(15,11-7-3-1-4-8-11)12-9-5-2-6-10-12;/h1-10H;. The summed E-state index contributed by atoms with van der Waals surface area (Å²) in [5, 5.41) is 0. The van der Waals surface area contributed by atoms with E-state index in [0.717, 1.165) is 0 Å². The summed E-state index contributed by atoms with van der Waals surface area (Å²) in [6.07, 6.45) is 0. The molecule has 3 heteroatoms. The molecule has 0 aliphatic heterocycles. The van der Waals surface area contributed by atoms with Crippen LogP contribution >= 0.6 is 0 Å². The van der Waals surface area contributed by atoms with E-state index in [9.17, 15) is 8.78 Å². The van der Waals surface area contributed by atoms with Crippen molar-refractivity contribution in [1.29, 1.82) is 0 Å². The van der Waals surface area contributed by atoms with E-state index >= 15 is 0 Å². The summed E-state index contributed by atoms with van der Waals surface area (Å²) in [5.41, 5.74) is 0.0485. The fourth-order valence-corrected chi connectivity index (χ4v) is 1.46. The van der Waals surface area contributed by atoms with Crippen LogP contribution in [0.1, 0.15) is 11.1 Å². The Morgan fingerprint density at radius 3 is 1.25 bits per heavy atom. The molecule has 0 amide bonds. The van der Waals surface area contributed by atoms with E-state index in [1.54, 1.807) is 36.4 Å². The Kier molecular flexibility index (Phi) is 4.39. The number of hydrogen-bond donors (Lipinski definition) is 0. The van der Waals surface area contributed by atoms with E-state index < -0.39 is 5.92 Å². The number of alkyl halides is 2. The monoisotopic (exact) mass is 252 g/mol. The van der Waals surface area contributed by atoms with Crippen molar-refractivity contribution in [2.45, 2.75) is 5.92 Å². The van der Waals surface area contributed by atoms with Gasteiger partial charge in [0.1, 0.15) is 0 Å². The first-order valence-electron chi connectivity index (χ1n) is 4.70. The molecular weight excluding hydrogens is 242 g/mol. The SMILES string of the molecule is FC(F)(c1ccccc1)c1ccccc1.[Ti]. The van der Waals surface area contributed by atoms with Crippen LogP contribution in [0.4, 0.5) is 8.78 Å². The minimum absolute atomic E-state index is 0. The molecule has 0 unspecified atom stereocenters. The van der Waals surface area contributed by atoms with Crippen molar-refractivity contribution in [1.82, 2.24) is 0 Å². The molecule has 2 aromatic carbocycles. The molecule has 0 aliphatic carbocycles. The molecule has 0 bridgehead atoms. The third kappa shape index (κ3) is 2.57. The van der Waals surface area contributed by atoms with Gasteiger partial charge < -0.3 is 0 Å². The van der Waals surface area contributed by atoms with E-state index in [0.29, 0.717) is 0 Å². The summed E-state index contributed by atoms with van der Waals surface area (Å²) >= 11 is 0. The van der Waals surface area contributed by atoms with Crippen LogP contribution in [0.25, 0.3) is 0 Å². The average molecular weight is 252 g/mol. The van der Waals surface area contributed by atoms with Crippen LogP contribution in [-0.2, 0) is 27.6 Å². The Morgan fingerprint density at radius 2 is 0.938 bits per heavy atom. The molecule has 0 radical (unpaired) electrons. The molecule has 0 atom stereocenters. The van der Waals surface area contributed by atoms with Crippen LogP contribution in [-0.4, -0.2) is 0 Å². The van der Waals surface area contributed by atoms with E-state index in [4.69, 9.17) is 0 Å². The Bertz CT molecular complexity index is 385. The molecule has 16 heavy (non-hydrogen) atoms. The van der Waals surface area contributed by atoms with Crippen LogP contribution in [0.3, 0.4) is 0 Å². The molecule has 0 fully saturated rings. The van der Waals surface area contributed by atoms with Crippen molar-refractivity contribution in [3.63, 3.8) is 0 Å². The molecule has 0 saturated heterocycles. The van der Waals surface area contributed by atoms with Crippen molar-refractivity contribution < 1.29 is 30.5 Å². The Morgan fingerprint density at radius 1 is 0.625 bits per heavy atom. The minimum atomic E-state index is -2.91. The van der Waals surface area contributed by atoms with Crippen LogP contribution in [0.5, 0.6) is 0 Å². The van der Waals surface area contributed by atoms with Gasteiger partial charge in [0.25, 0.3) is 5.92 Å². The maximum atomic E-state index is 13.9. The summed E-state index contributed by atoms with van der Waals surface area (Å²) in [5.74, 6) is -2.91. The summed E-state index contributed by atoms with van der Waals surface area (Å²) in [7, 11) is 0. The summed E-state index contributed by atoms with van der Waals surface area (Å²) in [6.45, 7) is 0. The van der Waals surface area contributed by atoms with Crippen LogP contribution in [0.2, 0.25) is 0 Å². The van der Waals surface area contributed by atoms with Gasteiger partial charge in [-0.3, -0.25) is 0 Å². The first kappa shape index (κ1) is 13.1. The van der Waals surface area contributed by atoms with Gasteiger partial charge in [-0.1, -0.05) is 60.7 Å². The Labute approximate surface area is 108 Å². The number of rotatable bonds is 2. The second kappa shape index (κ2) is 5.38. The molecule has 0 N–H and O–H groups in total. The molecule has 0 nitrogen and oxygen atoms in total. The number of hydrogen-bond acceptors (Lipinski definition) is 0. The van der Waals surface area contributed by atoms with Gasteiger partial charge in [0.2, 0.25) is 0 Å². The zero-order chi connectivity index (χ0) is 10.7. The first-order valence-corrected chi connectivity index (χ1v) is 4.70. The van der Waals surface area contributed by atoms with Gasteiger partial charge in [0, 0.05) is 32.8 Å². The van der Waals surface area contributed by atoms with Gasteiger partial charge in [-0.05, 0) is 0 Å². The second-order valence-corrected chi connectivity index (χ2v) is 3.31. The van der Waals surface area contributed by atoms with Gasteiger partial charge >= 0.3 is 0 Å². The minimum Gasteiger partial charge on any atom is -0.196 e. The van der Waals surface area contributed by atoms with Gasteiger partial charge in [-0.25, -0.2) is 0 Å². The fourth-order valence-electron chi connectivity index (χ4n) is 1.46. The largest absolute Gasteiger partial charge is 0.298 e. The van der Waals surface area contributed by atoms with Crippen molar-refractivity contribution >= 4 is 0 Å². The summed E-state index contributed by atoms with van der Waals surface area (Å²) in [6, 6.07) is 15.7. The zero-order valence-corrected chi connectivity index (χ0v) is 10.1. The molecule has 0 saturated carbocycles. The Hall–Kier alpha value is -0.986. The molecule has 2 rings (SSSR count). The topological polar surface area (TPSA) is 0 Å². The van der Waals surface area contributed by atoms with E-state index in [1.165, 1.54) is 24.3 Å². The third-order valence-electron chi connectivity index (χ3n) is 2.27. The van der Waals surface area contributed by atoms with Crippen molar-refractivity contribution in [2.24, 2.45) is 0 Å². The molecule has 80 valence electrons. The third-order valence-corrected chi connectivity index (χ3v) is 2.27. The quantitative estimate of drug-likeness (QED) is 0.712. The van der Waals surface area contributed by atoms with Crippen LogP contribution < -0.4 is 0 Å². The number of benzene rings is 2. The van der Waals surface area contributed by atoms with Crippen LogP contribution in [0.15, 0.2) is 60.7 Å². The maximum absolute atomic E-state index is 13.9. The second-order valence-electron chi connectivity index (χ2n) is 3.31. The molecule has 0 aliphatic rings. The van der Waals surface area contributed by atoms with E-state index in [1.807, 2.05) is 0 Å². The normalized spacial score (nSPS) is 10.6. The summed E-state index contributed by atoms with van der Waals surface area (Å²) in [4.78, 5) is 0. The van der Waals surface area contributed by atoms with Gasteiger partial charge in [0.15, 0.2) is 0 Å². The first-order chi connectivity index (χ1) is 7.21. The van der Waals surface area contributed by atoms with Gasteiger partial charge in [0.05, 0.1) is 0 Å². The van der Waals surface area contributed by atoms with E-state index in [-0.39, 0.29) is 32.8 Å². The number of halogens is 2.